The number of fused-ring (bicyclic) bond motifs is 1. The number of hydrogen-bond donors (Lipinski definition) is 1. The first kappa shape index (κ1) is 12.6. The summed E-state index contributed by atoms with van der Waals surface area (Å²) >= 11 is 1.84. The Balaban J connectivity index is 1.94. The van der Waals surface area contributed by atoms with Crippen LogP contribution < -0.4 is 5.32 Å². The number of hydrogen-bond acceptors (Lipinski definition) is 4. The van der Waals surface area contributed by atoms with Gasteiger partial charge in [0.05, 0.1) is 13.5 Å². The van der Waals surface area contributed by atoms with E-state index in [0.29, 0.717) is 12.5 Å². The first-order valence-corrected chi connectivity index (χ1v) is 6.97. The Kier molecular flexibility index (Phi) is 4.18. The molecule has 0 saturated carbocycles. The van der Waals surface area contributed by atoms with Crippen molar-refractivity contribution < 1.29 is 9.53 Å². The maximum absolute atomic E-state index is 11.2. The van der Waals surface area contributed by atoms with Gasteiger partial charge in [-0.15, -0.1) is 11.3 Å². The first-order chi connectivity index (χ1) is 8.20. The Bertz CT molecular complexity index is 389. The van der Waals surface area contributed by atoms with Gasteiger partial charge in [-0.05, 0) is 43.2 Å². The molecule has 0 radical (unpaired) electrons. The van der Waals surface area contributed by atoms with E-state index in [1.165, 1.54) is 30.4 Å². The van der Waals surface area contributed by atoms with Crippen LogP contribution in [0.5, 0.6) is 0 Å². The third-order valence-corrected chi connectivity index (χ3v) is 4.23. The molecule has 1 aromatic rings. The summed E-state index contributed by atoms with van der Waals surface area (Å²) in [6.45, 7) is 2.04. The minimum atomic E-state index is -0.147. The molecule has 0 aromatic carbocycles. The minimum Gasteiger partial charge on any atom is -0.469 e. The molecular weight excluding hydrogens is 234 g/mol. The zero-order valence-corrected chi connectivity index (χ0v) is 11.2. The second-order valence-corrected chi connectivity index (χ2v) is 5.59. The number of aryl methyl sites for hydroxylation is 1. The van der Waals surface area contributed by atoms with Gasteiger partial charge in [0.15, 0.2) is 0 Å². The highest BCUT2D eigenvalue weighted by Gasteiger charge is 2.23. The van der Waals surface area contributed by atoms with E-state index in [0.717, 1.165) is 6.42 Å². The standard InChI is InChI=1S/C13H19NO2S/c1-9(8-13(15)16-2)14-11-4-3-5-12-10(11)6-7-17-12/h6-7,9,11,14H,3-5,8H2,1-2H3. The van der Waals surface area contributed by atoms with Crippen molar-refractivity contribution in [3.05, 3.63) is 21.9 Å². The summed E-state index contributed by atoms with van der Waals surface area (Å²) in [5.74, 6) is -0.147. The van der Waals surface area contributed by atoms with Gasteiger partial charge >= 0.3 is 5.97 Å². The Morgan fingerprint density at radius 1 is 1.71 bits per heavy atom. The second-order valence-electron chi connectivity index (χ2n) is 4.59. The molecule has 1 aliphatic carbocycles. The van der Waals surface area contributed by atoms with Crippen LogP contribution in [0.15, 0.2) is 11.4 Å². The maximum Gasteiger partial charge on any atom is 0.307 e. The van der Waals surface area contributed by atoms with Crippen molar-refractivity contribution in [2.45, 2.75) is 44.7 Å². The Morgan fingerprint density at radius 2 is 2.53 bits per heavy atom. The van der Waals surface area contributed by atoms with Crippen LogP contribution in [-0.2, 0) is 16.0 Å². The van der Waals surface area contributed by atoms with Gasteiger partial charge in [0.2, 0.25) is 0 Å². The first-order valence-electron chi connectivity index (χ1n) is 6.10. The number of esters is 1. The highest BCUT2D eigenvalue weighted by molar-refractivity contribution is 7.10. The van der Waals surface area contributed by atoms with Crippen LogP contribution in [0, 0.1) is 0 Å². The van der Waals surface area contributed by atoms with Gasteiger partial charge in [0, 0.05) is 17.0 Å². The Morgan fingerprint density at radius 3 is 3.29 bits per heavy atom. The van der Waals surface area contributed by atoms with E-state index in [4.69, 9.17) is 0 Å². The third-order valence-electron chi connectivity index (χ3n) is 3.24. The monoisotopic (exact) mass is 253 g/mol. The van der Waals surface area contributed by atoms with Crippen molar-refractivity contribution in [2.75, 3.05) is 7.11 Å². The average molecular weight is 253 g/mol. The number of methoxy groups -OCH3 is 1. The molecule has 17 heavy (non-hydrogen) atoms. The molecule has 0 saturated heterocycles. The molecule has 0 aliphatic heterocycles. The van der Waals surface area contributed by atoms with E-state index in [9.17, 15) is 4.79 Å². The minimum absolute atomic E-state index is 0.147. The van der Waals surface area contributed by atoms with Crippen LogP contribution in [0.1, 0.15) is 42.7 Å². The molecule has 0 spiro atoms. The van der Waals surface area contributed by atoms with Gasteiger partial charge in [-0.3, -0.25) is 4.79 Å². The quantitative estimate of drug-likeness (QED) is 0.838. The van der Waals surface area contributed by atoms with Crippen LogP contribution in [-0.4, -0.2) is 19.1 Å². The molecule has 2 rings (SSSR count). The normalized spacial score (nSPS) is 20.7. The van der Waals surface area contributed by atoms with Gasteiger partial charge in [-0.1, -0.05) is 0 Å². The van der Waals surface area contributed by atoms with Crippen molar-refractivity contribution in [1.82, 2.24) is 5.32 Å². The highest BCUT2D eigenvalue weighted by Crippen LogP contribution is 2.33. The van der Waals surface area contributed by atoms with E-state index in [-0.39, 0.29) is 12.0 Å². The van der Waals surface area contributed by atoms with Crippen LogP contribution in [0.4, 0.5) is 0 Å². The fourth-order valence-electron chi connectivity index (χ4n) is 2.40. The summed E-state index contributed by atoms with van der Waals surface area (Å²) in [5, 5.41) is 5.69. The SMILES string of the molecule is COC(=O)CC(C)NC1CCCc2sccc21. The van der Waals surface area contributed by atoms with Gasteiger partial charge in [0.1, 0.15) is 0 Å². The molecule has 1 aliphatic rings. The third kappa shape index (κ3) is 3.07. The lowest BCUT2D eigenvalue weighted by molar-refractivity contribution is -0.141. The predicted octanol–water partition coefficient (Wildman–Crippen LogP) is 2.67. The summed E-state index contributed by atoms with van der Waals surface area (Å²) < 4.78 is 4.69. The molecule has 4 heteroatoms. The second kappa shape index (κ2) is 5.65. The molecule has 1 N–H and O–H groups in total. The van der Waals surface area contributed by atoms with Gasteiger partial charge in [-0.25, -0.2) is 0 Å². The topological polar surface area (TPSA) is 38.3 Å². The Hall–Kier alpha value is -0.870. The summed E-state index contributed by atoms with van der Waals surface area (Å²) in [6.07, 6.45) is 4.04. The van der Waals surface area contributed by atoms with Gasteiger partial charge < -0.3 is 10.1 Å². The van der Waals surface area contributed by atoms with E-state index >= 15 is 0 Å². The van der Waals surface area contributed by atoms with Crippen molar-refractivity contribution in [3.63, 3.8) is 0 Å². The lowest BCUT2D eigenvalue weighted by Crippen LogP contribution is -2.34. The number of carbonyl (C=O) groups excluding carboxylic acids is 1. The smallest absolute Gasteiger partial charge is 0.307 e. The van der Waals surface area contributed by atoms with Crippen LogP contribution in [0.25, 0.3) is 0 Å². The molecule has 2 atom stereocenters. The number of rotatable bonds is 4. The summed E-state index contributed by atoms with van der Waals surface area (Å²) in [5.41, 5.74) is 1.43. The van der Waals surface area contributed by atoms with Crippen LogP contribution in [0.3, 0.4) is 0 Å². The van der Waals surface area contributed by atoms with E-state index in [2.05, 4.69) is 21.5 Å². The van der Waals surface area contributed by atoms with E-state index < -0.39 is 0 Å². The maximum atomic E-state index is 11.2. The molecule has 3 nitrogen and oxygen atoms in total. The largest absolute Gasteiger partial charge is 0.469 e. The van der Waals surface area contributed by atoms with Crippen molar-refractivity contribution in [3.8, 4) is 0 Å². The zero-order chi connectivity index (χ0) is 12.3. The molecule has 2 unspecified atom stereocenters. The van der Waals surface area contributed by atoms with Crippen LogP contribution >= 0.6 is 11.3 Å². The number of thiophene rings is 1. The molecule has 1 aromatic heterocycles. The predicted molar refractivity (Wildman–Crippen MR) is 69.2 cm³/mol. The zero-order valence-electron chi connectivity index (χ0n) is 10.4. The van der Waals surface area contributed by atoms with Crippen molar-refractivity contribution >= 4 is 17.3 Å². The molecular formula is C13H19NO2S. The number of ether oxygens (including phenoxy) is 1. The Labute approximate surface area is 106 Å². The lowest BCUT2D eigenvalue weighted by atomic mass is 9.93. The lowest BCUT2D eigenvalue weighted by Gasteiger charge is -2.26. The molecule has 94 valence electrons. The van der Waals surface area contributed by atoms with Gasteiger partial charge in [-0.2, -0.15) is 0 Å². The van der Waals surface area contributed by atoms with Crippen molar-refractivity contribution in [1.29, 1.82) is 0 Å². The average Bonchev–Trinajstić information content (AvgIpc) is 2.78. The molecule has 0 bridgehead atoms. The molecule has 1 heterocycles. The van der Waals surface area contributed by atoms with Crippen molar-refractivity contribution in [2.24, 2.45) is 0 Å². The van der Waals surface area contributed by atoms with Crippen LogP contribution in [0.2, 0.25) is 0 Å². The van der Waals surface area contributed by atoms with E-state index in [1.54, 1.807) is 0 Å². The fraction of sp³-hybridized carbons (Fsp3) is 0.615. The number of carbonyl (C=O) groups is 1. The summed E-state index contributed by atoms with van der Waals surface area (Å²) in [7, 11) is 1.44. The molecule has 0 fully saturated rings. The molecule has 0 amide bonds. The summed E-state index contributed by atoms with van der Waals surface area (Å²) in [6, 6.07) is 2.78. The fourth-order valence-corrected chi connectivity index (χ4v) is 3.38. The van der Waals surface area contributed by atoms with E-state index in [1.807, 2.05) is 18.3 Å². The summed E-state index contributed by atoms with van der Waals surface area (Å²) in [4.78, 5) is 12.7. The number of nitrogens with one attached hydrogen (secondary N) is 1. The highest BCUT2D eigenvalue weighted by atomic mass is 32.1. The van der Waals surface area contributed by atoms with Gasteiger partial charge in [0.25, 0.3) is 0 Å².